The van der Waals surface area contributed by atoms with E-state index in [1.165, 1.54) is 6.07 Å². The molecule has 1 aromatic carbocycles. The fourth-order valence-electron chi connectivity index (χ4n) is 1.92. The number of hydrogen-bond donors (Lipinski definition) is 1. The standard InChI is InChI=1S/C12H16FN3/c1-4-16-10-7-5-6-9(13)11(10)15-12(16)8(2)14-3/h5-8,14H,4H2,1-3H3. The molecular weight excluding hydrogens is 205 g/mol. The van der Waals surface area contributed by atoms with E-state index in [9.17, 15) is 4.39 Å². The van der Waals surface area contributed by atoms with Crippen molar-refractivity contribution in [3.05, 3.63) is 29.8 Å². The smallest absolute Gasteiger partial charge is 0.151 e. The third-order valence-electron chi connectivity index (χ3n) is 2.90. The van der Waals surface area contributed by atoms with Crippen molar-refractivity contribution in [2.45, 2.75) is 26.4 Å². The molecule has 0 radical (unpaired) electrons. The van der Waals surface area contributed by atoms with Crippen molar-refractivity contribution in [1.29, 1.82) is 0 Å². The molecule has 1 N–H and O–H groups in total. The minimum absolute atomic E-state index is 0.117. The molecule has 1 unspecified atom stereocenters. The number of para-hydroxylation sites is 1. The van der Waals surface area contributed by atoms with Crippen molar-refractivity contribution in [2.24, 2.45) is 0 Å². The van der Waals surface area contributed by atoms with E-state index in [1.54, 1.807) is 6.07 Å². The van der Waals surface area contributed by atoms with Crippen LogP contribution in [0.4, 0.5) is 4.39 Å². The Morgan fingerprint density at radius 2 is 2.25 bits per heavy atom. The molecule has 0 spiro atoms. The lowest BCUT2D eigenvalue weighted by atomic mass is 10.3. The number of nitrogens with one attached hydrogen (secondary N) is 1. The zero-order chi connectivity index (χ0) is 11.7. The average Bonchev–Trinajstić information content (AvgIpc) is 2.68. The van der Waals surface area contributed by atoms with Crippen molar-refractivity contribution < 1.29 is 4.39 Å². The molecule has 2 rings (SSSR count). The number of aryl methyl sites for hydroxylation is 1. The topological polar surface area (TPSA) is 29.9 Å². The normalized spacial score (nSPS) is 13.2. The van der Waals surface area contributed by atoms with Gasteiger partial charge in [-0.15, -0.1) is 0 Å². The van der Waals surface area contributed by atoms with E-state index in [-0.39, 0.29) is 11.9 Å². The van der Waals surface area contributed by atoms with Crippen LogP contribution in [0, 0.1) is 5.82 Å². The second-order valence-corrected chi connectivity index (χ2v) is 3.83. The molecule has 86 valence electrons. The van der Waals surface area contributed by atoms with E-state index in [1.807, 2.05) is 31.5 Å². The minimum Gasteiger partial charge on any atom is -0.327 e. The predicted molar refractivity (Wildman–Crippen MR) is 62.8 cm³/mol. The lowest BCUT2D eigenvalue weighted by Gasteiger charge is -2.11. The summed E-state index contributed by atoms with van der Waals surface area (Å²) in [6, 6.07) is 5.19. The SMILES string of the molecule is CCn1c(C(C)NC)nc2c(F)cccc21. The molecule has 0 aliphatic rings. The van der Waals surface area contributed by atoms with Crippen LogP contribution in [0.15, 0.2) is 18.2 Å². The number of aromatic nitrogens is 2. The maximum Gasteiger partial charge on any atom is 0.151 e. The Labute approximate surface area is 94.3 Å². The van der Waals surface area contributed by atoms with Gasteiger partial charge in [-0.05, 0) is 33.0 Å². The molecule has 0 saturated heterocycles. The second-order valence-electron chi connectivity index (χ2n) is 3.83. The number of nitrogens with zero attached hydrogens (tertiary/aromatic N) is 2. The maximum absolute atomic E-state index is 13.6. The quantitative estimate of drug-likeness (QED) is 0.863. The van der Waals surface area contributed by atoms with E-state index in [0.717, 1.165) is 17.9 Å². The first kappa shape index (κ1) is 11.1. The first-order valence-corrected chi connectivity index (χ1v) is 5.51. The lowest BCUT2D eigenvalue weighted by molar-refractivity contribution is 0.570. The third kappa shape index (κ3) is 1.59. The second kappa shape index (κ2) is 4.22. The first-order chi connectivity index (χ1) is 7.69. The van der Waals surface area contributed by atoms with E-state index >= 15 is 0 Å². The Morgan fingerprint density at radius 3 is 2.88 bits per heavy atom. The summed E-state index contributed by atoms with van der Waals surface area (Å²) in [7, 11) is 1.88. The highest BCUT2D eigenvalue weighted by atomic mass is 19.1. The predicted octanol–water partition coefficient (Wildman–Crippen LogP) is 2.48. The number of imidazole rings is 1. The van der Waals surface area contributed by atoms with Crippen molar-refractivity contribution in [3.8, 4) is 0 Å². The van der Waals surface area contributed by atoms with Crippen molar-refractivity contribution in [2.75, 3.05) is 7.05 Å². The van der Waals surface area contributed by atoms with Crippen LogP contribution in [0.2, 0.25) is 0 Å². The molecule has 0 bridgehead atoms. The van der Waals surface area contributed by atoms with Gasteiger partial charge in [0.1, 0.15) is 11.3 Å². The molecule has 2 aromatic rings. The van der Waals surface area contributed by atoms with Crippen LogP contribution in [0.3, 0.4) is 0 Å². The molecular formula is C12H16FN3. The third-order valence-corrected chi connectivity index (χ3v) is 2.90. The molecule has 1 atom stereocenters. The van der Waals surface area contributed by atoms with Crippen LogP contribution in [0.5, 0.6) is 0 Å². The molecule has 1 heterocycles. The van der Waals surface area contributed by atoms with Crippen LogP contribution in [-0.4, -0.2) is 16.6 Å². The highest BCUT2D eigenvalue weighted by Gasteiger charge is 2.16. The van der Waals surface area contributed by atoms with Gasteiger partial charge in [0.05, 0.1) is 11.6 Å². The zero-order valence-electron chi connectivity index (χ0n) is 9.79. The summed E-state index contributed by atoms with van der Waals surface area (Å²) in [5, 5.41) is 3.13. The van der Waals surface area contributed by atoms with Crippen LogP contribution < -0.4 is 5.32 Å². The molecule has 0 saturated carbocycles. The molecule has 16 heavy (non-hydrogen) atoms. The summed E-state index contributed by atoms with van der Waals surface area (Å²) in [5.74, 6) is 0.624. The van der Waals surface area contributed by atoms with Crippen molar-refractivity contribution in [1.82, 2.24) is 14.9 Å². The number of benzene rings is 1. The van der Waals surface area contributed by atoms with Crippen LogP contribution in [0.1, 0.15) is 25.7 Å². The Balaban J connectivity index is 2.71. The summed E-state index contributed by atoms with van der Waals surface area (Å²) in [6.45, 7) is 4.85. The monoisotopic (exact) mass is 221 g/mol. The number of fused-ring (bicyclic) bond motifs is 1. The largest absolute Gasteiger partial charge is 0.327 e. The van der Waals surface area contributed by atoms with E-state index < -0.39 is 0 Å². The van der Waals surface area contributed by atoms with Gasteiger partial charge in [-0.3, -0.25) is 0 Å². The summed E-state index contributed by atoms with van der Waals surface area (Å²) in [6.07, 6.45) is 0. The zero-order valence-corrected chi connectivity index (χ0v) is 9.79. The molecule has 0 aliphatic carbocycles. The van der Waals surface area contributed by atoms with Gasteiger partial charge in [-0.2, -0.15) is 0 Å². The van der Waals surface area contributed by atoms with Gasteiger partial charge in [-0.1, -0.05) is 6.07 Å². The summed E-state index contributed by atoms with van der Waals surface area (Å²) in [4.78, 5) is 4.38. The highest BCUT2D eigenvalue weighted by molar-refractivity contribution is 5.76. The minimum atomic E-state index is -0.255. The first-order valence-electron chi connectivity index (χ1n) is 5.51. The number of rotatable bonds is 3. The van der Waals surface area contributed by atoms with Crippen molar-refractivity contribution >= 4 is 11.0 Å². The molecule has 4 heteroatoms. The molecule has 0 aliphatic heterocycles. The number of hydrogen-bond acceptors (Lipinski definition) is 2. The fraction of sp³-hybridized carbons (Fsp3) is 0.417. The summed E-state index contributed by atoms with van der Waals surface area (Å²) in [5.41, 5.74) is 1.32. The van der Waals surface area contributed by atoms with E-state index in [4.69, 9.17) is 0 Å². The number of halogens is 1. The Morgan fingerprint density at radius 1 is 1.50 bits per heavy atom. The van der Waals surface area contributed by atoms with Crippen LogP contribution in [0.25, 0.3) is 11.0 Å². The molecule has 0 amide bonds. The highest BCUT2D eigenvalue weighted by Crippen LogP contribution is 2.22. The van der Waals surface area contributed by atoms with Gasteiger partial charge in [-0.25, -0.2) is 9.37 Å². The Kier molecular flexibility index (Phi) is 2.92. The van der Waals surface area contributed by atoms with Gasteiger partial charge in [0.15, 0.2) is 5.82 Å². The van der Waals surface area contributed by atoms with Gasteiger partial charge in [0.2, 0.25) is 0 Å². The fourth-order valence-corrected chi connectivity index (χ4v) is 1.92. The average molecular weight is 221 g/mol. The summed E-state index contributed by atoms with van der Waals surface area (Å²) >= 11 is 0. The van der Waals surface area contributed by atoms with Gasteiger partial charge >= 0.3 is 0 Å². The molecule has 0 fully saturated rings. The van der Waals surface area contributed by atoms with E-state index in [0.29, 0.717) is 5.52 Å². The Hall–Kier alpha value is -1.42. The van der Waals surface area contributed by atoms with Crippen molar-refractivity contribution in [3.63, 3.8) is 0 Å². The van der Waals surface area contributed by atoms with Gasteiger partial charge in [0.25, 0.3) is 0 Å². The van der Waals surface area contributed by atoms with Gasteiger partial charge in [0, 0.05) is 6.54 Å². The molecule has 1 aromatic heterocycles. The van der Waals surface area contributed by atoms with Gasteiger partial charge < -0.3 is 9.88 Å². The van der Waals surface area contributed by atoms with E-state index in [2.05, 4.69) is 10.3 Å². The Bertz CT molecular complexity index is 504. The molecule has 3 nitrogen and oxygen atoms in total. The van der Waals surface area contributed by atoms with Crippen LogP contribution in [-0.2, 0) is 6.54 Å². The summed E-state index contributed by atoms with van der Waals surface area (Å²) < 4.78 is 15.6. The van der Waals surface area contributed by atoms with Crippen LogP contribution >= 0.6 is 0 Å². The maximum atomic E-state index is 13.6. The lowest BCUT2D eigenvalue weighted by Crippen LogP contribution is -2.17.